The van der Waals surface area contributed by atoms with Gasteiger partial charge in [0.1, 0.15) is 0 Å². The maximum atomic E-state index is 13.8. The lowest BCUT2D eigenvalue weighted by Gasteiger charge is -2.45. The number of carbonyl (C=O) groups is 2. The third-order valence-corrected chi connectivity index (χ3v) is 7.26. The fraction of sp³-hybridized carbons (Fsp3) is 0.462. The minimum Gasteiger partial charge on any atom is -0.493 e. The lowest BCUT2D eigenvalue weighted by Crippen LogP contribution is -2.51. The molecule has 0 radical (unpaired) electrons. The van der Waals surface area contributed by atoms with Gasteiger partial charge >= 0.3 is 0 Å². The molecule has 5 rings (SSSR count). The fourth-order valence-corrected chi connectivity index (χ4v) is 5.67. The van der Waals surface area contributed by atoms with E-state index in [2.05, 4.69) is 17.4 Å². The van der Waals surface area contributed by atoms with Gasteiger partial charge in [0.05, 0.1) is 26.2 Å². The number of hydrogen-bond acceptors (Lipinski definition) is 4. The van der Waals surface area contributed by atoms with E-state index < -0.39 is 5.92 Å². The van der Waals surface area contributed by atoms with Gasteiger partial charge < -0.3 is 19.7 Å². The summed E-state index contributed by atoms with van der Waals surface area (Å²) in [6, 6.07) is 11.6. The van der Waals surface area contributed by atoms with Gasteiger partial charge in [0.15, 0.2) is 11.5 Å². The van der Waals surface area contributed by atoms with Crippen LogP contribution < -0.4 is 14.8 Å². The van der Waals surface area contributed by atoms with Crippen molar-refractivity contribution in [2.24, 2.45) is 0 Å². The van der Waals surface area contributed by atoms with E-state index in [1.54, 1.807) is 20.3 Å². The standard InChI is InChI=1S/C26H30N2O4/c1-31-21-14-19-20(15-22(21)32-2)26(30)28-13-12-16-8-6-7-11-18(16)24(28)23(19)25(29)27-17-9-4-3-5-10-17/h6-8,11,14-15,17,23-24H,3-5,9-10,12-13H2,1-2H3,(H,27,29)/t23-,24-/m0/s1. The first-order chi connectivity index (χ1) is 15.6. The van der Waals surface area contributed by atoms with Gasteiger partial charge in [-0.05, 0) is 48.1 Å². The lowest BCUT2D eigenvalue weighted by atomic mass is 9.75. The SMILES string of the molecule is COc1cc2c(cc1OC)[C@H](C(=O)NC1CCCCC1)[C@@H]1c3ccccc3CCN1C2=O. The van der Waals surface area contributed by atoms with E-state index in [1.807, 2.05) is 23.1 Å². The first-order valence-electron chi connectivity index (χ1n) is 11.6. The Balaban J connectivity index is 1.64. The van der Waals surface area contributed by atoms with Crippen molar-refractivity contribution < 1.29 is 19.1 Å². The normalized spacial score (nSPS) is 22.4. The Morgan fingerprint density at radius 3 is 2.47 bits per heavy atom. The van der Waals surface area contributed by atoms with Crippen LogP contribution in [0.5, 0.6) is 11.5 Å². The number of benzene rings is 2. The Morgan fingerprint density at radius 2 is 1.72 bits per heavy atom. The molecule has 32 heavy (non-hydrogen) atoms. The number of amides is 2. The average Bonchev–Trinajstić information content (AvgIpc) is 2.84. The molecule has 0 unspecified atom stereocenters. The van der Waals surface area contributed by atoms with Crippen LogP contribution in [0.2, 0.25) is 0 Å². The first kappa shape index (κ1) is 20.9. The summed E-state index contributed by atoms with van der Waals surface area (Å²) < 4.78 is 11.0. The molecule has 2 aromatic rings. The van der Waals surface area contributed by atoms with Crippen LogP contribution in [0.25, 0.3) is 0 Å². The van der Waals surface area contributed by atoms with Crippen LogP contribution in [0.1, 0.15) is 71.1 Å². The Bertz CT molecular complexity index is 1040. The summed E-state index contributed by atoms with van der Waals surface area (Å²) in [4.78, 5) is 29.3. The number of carbonyl (C=O) groups excluding carboxylic acids is 2. The highest BCUT2D eigenvalue weighted by Gasteiger charge is 2.47. The van der Waals surface area contributed by atoms with Crippen LogP contribution in [0.3, 0.4) is 0 Å². The zero-order chi connectivity index (χ0) is 22.2. The molecule has 0 bridgehead atoms. The summed E-state index contributed by atoms with van der Waals surface area (Å²) in [5.41, 5.74) is 3.53. The van der Waals surface area contributed by atoms with Gasteiger partial charge in [-0.1, -0.05) is 43.5 Å². The number of methoxy groups -OCH3 is 2. The molecule has 0 aromatic heterocycles. The minimum absolute atomic E-state index is 0.00965. The van der Waals surface area contributed by atoms with Crippen LogP contribution in [0.4, 0.5) is 0 Å². The Morgan fingerprint density at radius 1 is 1.00 bits per heavy atom. The molecule has 0 spiro atoms. The molecule has 2 atom stereocenters. The molecular weight excluding hydrogens is 404 g/mol. The topological polar surface area (TPSA) is 67.9 Å². The molecule has 168 valence electrons. The van der Waals surface area contributed by atoms with Gasteiger partial charge in [0.2, 0.25) is 5.91 Å². The monoisotopic (exact) mass is 434 g/mol. The Labute approximate surface area is 188 Å². The third kappa shape index (κ3) is 3.42. The summed E-state index contributed by atoms with van der Waals surface area (Å²) in [6.45, 7) is 0.599. The van der Waals surface area contributed by atoms with E-state index in [9.17, 15) is 9.59 Å². The highest BCUT2D eigenvalue weighted by Crippen LogP contribution is 2.48. The van der Waals surface area contributed by atoms with Crippen molar-refractivity contribution >= 4 is 11.8 Å². The van der Waals surface area contributed by atoms with E-state index in [-0.39, 0.29) is 23.9 Å². The van der Waals surface area contributed by atoms with Crippen LogP contribution in [0, 0.1) is 0 Å². The molecular formula is C26H30N2O4. The summed E-state index contributed by atoms with van der Waals surface area (Å²) in [5, 5.41) is 3.33. The molecule has 2 amide bonds. The van der Waals surface area contributed by atoms with Crippen molar-refractivity contribution in [3.8, 4) is 11.5 Å². The van der Waals surface area contributed by atoms with Crippen molar-refractivity contribution in [2.75, 3.05) is 20.8 Å². The highest BCUT2D eigenvalue weighted by molar-refractivity contribution is 6.02. The van der Waals surface area contributed by atoms with Gasteiger partial charge in [-0.25, -0.2) is 0 Å². The molecule has 1 aliphatic carbocycles. The van der Waals surface area contributed by atoms with Crippen molar-refractivity contribution in [1.82, 2.24) is 10.2 Å². The second-order valence-corrected chi connectivity index (χ2v) is 9.01. The van der Waals surface area contributed by atoms with Crippen LogP contribution in [-0.4, -0.2) is 43.5 Å². The predicted octanol–water partition coefficient (Wildman–Crippen LogP) is 3.99. The third-order valence-electron chi connectivity index (χ3n) is 7.26. The number of ether oxygens (including phenoxy) is 2. The van der Waals surface area contributed by atoms with Crippen molar-refractivity contribution in [3.05, 3.63) is 58.7 Å². The van der Waals surface area contributed by atoms with Gasteiger partial charge in [-0.15, -0.1) is 0 Å². The summed E-state index contributed by atoms with van der Waals surface area (Å²) in [7, 11) is 3.14. The quantitative estimate of drug-likeness (QED) is 0.790. The molecule has 6 nitrogen and oxygen atoms in total. The van der Waals surface area contributed by atoms with Crippen LogP contribution in [0.15, 0.2) is 36.4 Å². The maximum absolute atomic E-state index is 13.8. The number of nitrogens with one attached hydrogen (secondary N) is 1. The molecule has 3 aliphatic rings. The van der Waals surface area contributed by atoms with Crippen molar-refractivity contribution in [1.29, 1.82) is 0 Å². The number of nitrogens with zero attached hydrogens (tertiary/aromatic N) is 1. The van der Waals surface area contributed by atoms with Gasteiger partial charge in [0, 0.05) is 18.2 Å². The molecule has 1 fully saturated rings. The van der Waals surface area contributed by atoms with Gasteiger partial charge in [-0.3, -0.25) is 9.59 Å². The zero-order valence-corrected chi connectivity index (χ0v) is 18.7. The Kier molecular flexibility index (Phi) is 5.53. The zero-order valence-electron chi connectivity index (χ0n) is 18.7. The smallest absolute Gasteiger partial charge is 0.254 e. The second kappa shape index (κ2) is 8.49. The first-order valence-corrected chi connectivity index (χ1v) is 11.6. The molecule has 6 heteroatoms. The molecule has 2 aliphatic heterocycles. The highest BCUT2D eigenvalue weighted by atomic mass is 16.5. The van der Waals surface area contributed by atoms with E-state index in [0.717, 1.165) is 43.2 Å². The summed E-state index contributed by atoms with van der Waals surface area (Å²) >= 11 is 0. The molecule has 0 saturated heterocycles. The Hall–Kier alpha value is -3.02. The van der Waals surface area contributed by atoms with Crippen molar-refractivity contribution in [3.63, 3.8) is 0 Å². The molecule has 2 aromatic carbocycles. The summed E-state index contributed by atoms with van der Waals surface area (Å²) in [6.07, 6.45) is 6.34. The molecule has 1 N–H and O–H groups in total. The minimum atomic E-state index is -0.495. The maximum Gasteiger partial charge on any atom is 0.254 e. The van der Waals surface area contributed by atoms with Gasteiger partial charge in [-0.2, -0.15) is 0 Å². The fourth-order valence-electron chi connectivity index (χ4n) is 5.67. The van der Waals surface area contributed by atoms with E-state index in [4.69, 9.17) is 9.47 Å². The van der Waals surface area contributed by atoms with Gasteiger partial charge in [0.25, 0.3) is 5.91 Å². The number of hydrogen-bond donors (Lipinski definition) is 1. The second-order valence-electron chi connectivity index (χ2n) is 9.01. The van der Waals surface area contributed by atoms with Crippen LogP contribution >= 0.6 is 0 Å². The van der Waals surface area contributed by atoms with Crippen LogP contribution in [-0.2, 0) is 11.2 Å². The summed E-state index contributed by atoms with van der Waals surface area (Å²) in [5.74, 6) is 0.478. The number of rotatable bonds is 4. The van der Waals surface area contributed by atoms with Crippen molar-refractivity contribution in [2.45, 2.75) is 56.5 Å². The molecule has 1 saturated carbocycles. The average molecular weight is 435 g/mol. The number of fused-ring (bicyclic) bond motifs is 4. The van der Waals surface area contributed by atoms with E-state index in [1.165, 1.54) is 12.0 Å². The molecule has 2 heterocycles. The largest absolute Gasteiger partial charge is 0.493 e. The van der Waals surface area contributed by atoms with E-state index >= 15 is 0 Å². The van der Waals surface area contributed by atoms with E-state index in [0.29, 0.717) is 23.6 Å². The predicted molar refractivity (Wildman–Crippen MR) is 121 cm³/mol. The lowest BCUT2D eigenvalue weighted by molar-refractivity contribution is -0.125.